The Morgan fingerprint density at radius 2 is 2.08 bits per heavy atom. The molecular weight excluding hydrogens is 392 g/mol. The van der Waals surface area contributed by atoms with Crippen LogP contribution in [0.1, 0.15) is 12.6 Å². The SMILES string of the molecule is CCS(=O)(=O)c1ccc(OC)c(Nc2nc(-c3sc(N)nc3C)cs2)c1. The van der Waals surface area contributed by atoms with Gasteiger partial charge in [0.05, 0.1) is 39.7 Å². The number of rotatable bonds is 6. The molecule has 0 radical (unpaired) electrons. The van der Waals surface area contributed by atoms with Gasteiger partial charge in [-0.2, -0.15) is 0 Å². The summed E-state index contributed by atoms with van der Waals surface area (Å²) >= 11 is 2.79. The van der Waals surface area contributed by atoms with Gasteiger partial charge in [-0.1, -0.05) is 18.3 Å². The van der Waals surface area contributed by atoms with E-state index in [0.29, 0.717) is 21.7 Å². The van der Waals surface area contributed by atoms with Crippen LogP contribution in [0.3, 0.4) is 0 Å². The Hall–Kier alpha value is -2.17. The van der Waals surface area contributed by atoms with Crippen molar-refractivity contribution in [3.05, 3.63) is 29.3 Å². The van der Waals surface area contributed by atoms with Crippen LogP contribution in [-0.4, -0.2) is 31.2 Å². The Morgan fingerprint density at radius 1 is 1.31 bits per heavy atom. The minimum absolute atomic E-state index is 0.0340. The number of hydrogen-bond donors (Lipinski definition) is 2. The highest BCUT2D eigenvalue weighted by Crippen LogP contribution is 2.36. The van der Waals surface area contributed by atoms with Crippen LogP contribution in [0.2, 0.25) is 0 Å². The number of hydrogen-bond acceptors (Lipinski definition) is 9. The van der Waals surface area contributed by atoms with Crippen LogP contribution in [0, 0.1) is 6.92 Å². The van der Waals surface area contributed by atoms with E-state index < -0.39 is 9.84 Å². The molecule has 3 rings (SSSR count). The minimum Gasteiger partial charge on any atom is -0.495 e. The fraction of sp³-hybridized carbons (Fsp3) is 0.250. The first kappa shape index (κ1) is 18.6. The minimum atomic E-state index is -3.31. The molecule has 0 atom stereocenters. The molecule has 0 saturated heterocycles. The van der Waals surface area contributed by atoms with Crippen LogP contribution < -0.4 is 15.8 Å². The quantitative estimate of drug-likeness (QED) is 0.638. The van der Waals surface area contributed by atoms with Crippen molar-refractivity contribution in [1.29, 1.82) is 0 Å². The number of sulfone groups is 1. The fourth-order valence-corrected chi connectivity index (χ4v) is 4.84. The number of benzene rings is 1. The first-order valence-corrected chi connectivity index (χ1v) is 11.1. The van der Waals surface area contributed by atoms with Gasteiger partial charge in [0, 0.05) is 5.38 Å². The lowest BCUT2D eigenvalue weighted by molar-refractivity contribution is 0.416. The summed E-state index contributed by atoms with van der Waals surface area (Å²) in [5.74, 6) is 0.571. The number of methoxy groups -OCH3 is 1. The number of nitrogens with two attached hydrogens (primary N) is 1. The summed E-state index contributed by atoms with van der Waals surface area (Å²) in [5, 5.41) is 6.17. The van der Waals surface area contributed by atoms with Crippen molar-refractivity contribution in [2.75, 3.05) is 23.9 Å². The lowest BCUT2D eigenvalue weighted by Crippen LogP contribution is -2.05. The summed E-state index contributed by atoms with van der Waals surface area (Å²) in [5.41, 5.74) is 7.90. The molecule has 10 heteroatoms. The molecular formula is C16H18N4O3S3. The third-order valence-corrected chi connectivity index (χ3v) is 7.20. The van der Waals surface area contributed by atoms with Gasteiger partial charge in [0.25, 0.3) is 0 Å². The molecule has 26 heavy (non-hydrogen) atoms. The van der Waals surface area contributed by atoms with Gasteiger partial charge in [-0.05, 0) is 25.1 Å². The zero-order valence-electron chi connectivity index (χ0n) is 14.4. The topological polar surface area (TPSA) is 107 Å². The number of anilines is 3. The number of ether oxygens (including phenoxy) is 1. The summed E-state index contributed by atoms with van der Waals surface area (Å²) in [6.07, 6.45) is 0. The zero-order valence-corrected chi connectivity index (χ0v) is 16.9. The molecule has 1 aromatic carbocycles. The highest BCUT2D eigenvalue weighted by atomic mass is 32.2. The second-order valence-corrected chi connectivity index (χ2v) is 9.56. The molecule has 0 aliphatic heterocycles. The second-order valence-electron chi connectivity index (χ2n) is 5.40. The predicted molar refractivity (Wildman–Crippen MR) is 106 cm³/mol. The first-order valence-electron chi connectivity index (χ1n) is 7.70. The Labute approximate surface area is 159 Å². The van der Waals surface area contributed by atoms with Gasteiger partial charge in [0.2, 0.25) is 0 Å². The van der Waals surface area contributed by atoms with E-state index in [2.05, 4.69) is 15.3 Å². The molecule has 3 N–H and O–H groups in total. The van der Waals surface area contributed by atoms with E-state index in [1.807, 2.05) is 12.3 Å². The molecule has 7 nitrogen and oxygen atoms in total. The summed E-state index contributed by atoms with van der Waals surface area (Å²) in [7, 11) is -1.78. The molecule has 0 amide bonds. The van der Waals surface area contributed by atoms with Gasteiger partial charge in [0.15, 0.2) is 20.1 Å². The molecule has 2 heterocycles. The van der Waals surface area contributed by atoms with Crippen molar-refractivity contribution >= 4 is 48.5 Å². The number of nitrogens with one attached hydrogen (secondary N) is 1. The predicted octanol–water partition coefficient (Wildman–Crippen LogP) is 3.70. The Kier molecular flexibility index (Phi) is 5.17. The van der Waals surface area contributed by atoms with Crippen LogP contribution in [0.25, 0.3) is 10.6 Å². The van der Waals surface area contributed by atoms with Crippen molar-refractivity contribution in [1.82, 2.24) is 9.97 Å². The third kappa shape index (κ3) is 3.67. The Bertz CT molecular complexity index is 1040. The van der Waals surface area contributed by atoms with Gasteiger partial charge >= 0.3 is 0 Å². The average molecular weight is 411 g/mol. The monoisotopic (exact) mass is 410 g/mol. The molecule has 0 unspecified atom stereocenters. The summed E-state index contributed by atoms with van der Waals surface area (Å²) < 4.78 is 29.6. The standard InChI is InChI=1S/C16H18N4O3S3/c1-4-26(21,22)10-5-6-13(23-3)11(7-10)19-16-20-12(8-24-16)14-9(2)18-15(17)25-14/h5-8H,4H2,1-3H3,(H2,17,18)(H,19,20). The lowest BCUT2D eigenvalue weighted by atomic mass is 10.3. The smallest absolute Gasteiger partial charge is 0.187 e. The van der Waals surface area contributed by atoms with E-state index in [0.717, 1.165) is 16.3 Å². The van der Waals surface area contributed by atoms with Crippen LogP contribution >= 0.6 is 22.7 Å². The van der Waals surface area contributed by atoms with Crippen LogP contribution in [-0.2, 0) is 9.84 Å². The Morgan fingerprint density at radius 3 is 2.69 bits per heavy atom. The first-order chi connectivity index (χ1) is 12.3. The van der Waals surface area contributed by atoms with Crippen molar-refractivity contribution in [3.63, 3.8) is 0 Å². The number of thiazole rings is 2. The second kappa shape index (κ2) is 7.22. The van der Waals surface area contributed by atoms with Crippen molar-refractivity contribution in [3.8, 4) is 16.3 Å². The number of aryl methyl sites for hydroxylation is 1. The molecule has 0 aliphatic rings. The summed E-state index contributed by atoms with van der Waals surface area (Å²) in [4.78, 5) is 9.92. The molecule has 3 aromatic rings. The van der Waals surface area contributed by atoms with E-state index in [-0.39, 0.29) is 10.6 Å². The molecule has 2 aromatic heterocycles. The van der Waals surface area contributed by atoms with E-state index >= 15 is 0 Å². The molecule has 0 saturated carbocycles. The van der Waals surface area contributed by atoms with Gasteiger partial charge in [0.1, 0.15) is 5.75 Å². The normalized spacial score (nSPS) is 11.5. The van der Waals surface area contributed by atoms with E-state index in [1.54, 1.807) is 25.1 Å². The van der Waals surface area contributed by atoms with Gasteiger partial charge in [-0.25, -0.2) is 18.4 Å². The zero-order chi connectivity index (χ0) is 18.9. The van der Waals surface area contributed by atoms with Crippen molar-refractivity contribution in [2.24, 2.45) is 0 Å². The maximum absolute atomic E-state index is 12.1. The van der Waals surface area contributed by atoms with Crippen LogP contribution in [0.15, 0.2) is 28.5 Å². The average Bonchev–Trinajstić information content (AvgIpc) is 3.20. The van der Waals surface area contributed by atoms with E-state index in [1.165, 1.54) is 29.8 Å². The molecule has 0 spiro atoms. The summed E-state index contributed by atoms with van der Waals surface area (Å²) in [6, 6.07) is 4.74. The van der Waals surface area contributed by atoms with Gasteiger partial charge < -0.3 is 15.8 Å². The van der Waals surface area contributed by atoms with Crippen LogP contribution in [0.4, 0.5) is 16.0 Å². The number of nitrogen functional groups attached to an aromatic ring is 1. The fourth-order valence-electron chi connectivity index (χ4n) is 2.35. The maximum atomic E-state index is 12.1. The highest BCUT2D eigenvalue weighted by molar-refractivity contribution is 7.91. The van der Waals surface area contributed by atoms with E-state index in [4.69, 9.17) is 10.5 Å². The molecule has 0 aliphatic carbocycles. The largest absolute Gasteiger partial charge is 0.495 e. The van der Waals surface area contributed by atoms with Crippen molar-refractivity contribution in [2.45, 2.75) is 18.7 Å². The molecule has 0 bridgehead atoms. The third-order valence-electron chi connectivity index (χ3n) is 3.70. The lowest BCUT2D eigenvalue weighted by Gasteiger charge is -2.11. The summed E-state index contributed by atoms with van der Waals surface area (Å²) in [6.45, 7) is 3.50. The number of aromatic nitrogens is 2. The van der Waals surface area contributed by atoms with Gasteiger partial charge in [-0.3, -0.25) is 0 Å². The van der Waals surface area contributed by atoms with Crippen LogP contribution in [0.5, 0.6) is 5.75 Å². The Balaban J connectivity index is 1.94. The van der Waals surface area contributed by atoms with E-state index in [9.17, 15) is 8.42 Å². The number of nitrogens with zero attached hydrogens (tertiary/aromatic N) is 2. The highest BCUT2D eigenvalue weighted by Gasteiger charge is 2.16. The van der Waals surface area contributed by atoms with Crippen molar-refractivity contribution < 1.29 is 13.2 Å². The van der Waals surface area contributed by atoms with Gasteiger partial charge in [-0.15, -0.1) is 11.3 Å². The molecule has 138 valence electrons. The molecule has 0 fully saturated rings. The maximum Gasteiger partial charge on any atom is 0.187 e.